The van der Waals surface area contributed by atoms with Crippen LogP contribution in [0.25, 0.3) is 0 Å². The number of carbonyl (C=O) groups excluding carboxylic acids is 2. The minimum Gasteiger partial charge on any atom is -0.481 e. The highest BCUT2D eigenvalue weighted by Crippen LogP contribution is 2.21. The van der Waals surface area contributed by atoms with E-state index >= 15 is 0 Å². The molecule has 3 rings (SSSR count). The molecule has 0 aliphatic rings. The summed E-state index contributed by atoms with van der Waals surface area (Å²) in [6.07, 6.45) is -0.686. The van der Waals surface area contributed by atoms with E-state index in [1.807, 2.05) is 64.1 Å². The first kappa shape index (κ1) is 22.1. The summed E-state index contributed by atoms with van der Waals surface area (Å²) in [5.74, 6) is 0.0957. The molecule has 0 saturated carbocycles. The Kier molecular flexibility index (Phi) is 6.75. The number of ether oxygens (including phenoxy) is 1. The summed E-state index contributed by atoms with van der Waals surface area (Å²) in [5.41, 5.74) is 6.31. The average Bonchev–Trinajstić information content (AvgIpc) is 2.74. The molecule has 0 aliphatic carbocycles. The van der Waals surface area contributed by atoms with Crippen molar-refractivity contribution in [2.75, 3.05) is 10.6 Å². The fourth-order valence-corrected chi connectivity index (χ4v) is 3.13. The van der Waals surface area contributed by atoms with Crippen molar-refractivity contribution in [2.45, 2.75) is 40.7 Å². The van der Waals surface area contributed by atoms with Gasteiger partial charge in [0.05, 0.1) is 0 Å². The van der Waals surface area contributed by atoms with Crippen LogP contribution in [0.2, 0.25) is 0 Å². The molecule has 2 N–H and O–H groups in total. The highest BCUT2D eigenvalue weighted by Gasteiger charge is 2.16. The van der Waals surface area contributed by atoms with E-state index in [-0.39, 0.29) is 11.8 Å². The van der Waals surface area contributed by atoms with Crippen molar-refractivity contribution in [2.24, 2.45) is 0 Å². The van der Waals surface area contributed by atoms with Crippen molar-refractivity contribution in [1.82, 2.24) is 0 Å². The van der Waals surface area contributed by atoms with Gasteiger partial charge in [0.1, 0.15) is 5.75 Å². The molecule has 0 fully saturated rings. The molecule has 3 aromatic carbocycles. The third-order valence-corrected chi connectivity index (χ3v) is 5.30. The predicted molar refractivity (Wildman–Crippen MR) is 125 cm³/mol. The van der Waals surface area contributed by atoms with Crippen molar-refractivity contribution in [3.05, 3.63) is 88.5 Å². The molecule has 2 amide bonds. The van der Waals surface area contributed by atoms with Gasteiger partial charge in [-0.15, -0.1) is 0 Å². The molecule has 0 aromatic heterocycles. The number of benzene rings is 3. The Labute approximate surface area is 183 Å². The molecule has 1 atom stereocenters. The van der Waals surface area contributed by atoms with E-state index < -0.39 is 6.10 Å². The van der Waals surface area contributed by atoms with E-state index in [0.717, 1.165) is 33.6 Å². The topological polar surface area (TPSA) is 67.4 Å². The van der Waals surface area contributed by atoms with Crippen LogP contribution in [-0.4, -0.2) is 17.9 Å². The molecule has 0 radical (unpaired) electrons. The number of nitrogens with one attached hydrogen (secondary N) is 2. The van der Waals surface area contributed by atoms with Crippen LogP contribution in [0, 0.1) is 27.7 Å². The summed E-state index contributed by atoms with van der Waals surface area (Å²) in [7, 11) is 0. The van der Waals surface area contributed by atoms with Crippen LogP contribution >= 0.6 is 0 Å². The van der Waals surface area contributed by atoms with E-state index in [0.29, 0.717) is 11.3 Å². The van der Waals surface area contributed by atoms with Gasteiger partial charge in [-0.2, -0.15) is 0 Å². The van der Waals surface area contributed by atoms with Gasteiger partial charge >= 0.3 is 0 Å². The van der Waals surface area contributed by atoms with Gasteiger partial charge in [0.15, 0.2) is 6.10 Å². The maximum atomic E-state index is 12.6. The van der Waals surface area contributed by atoms with Gasteiger partial charge in [-0.05, 0) is 93.3 Å². The van der Waals surface area contributed by atoms with E-state index in [2.05, 4.69) is 10.6 Å². The lowest BCUT2D eigenvalue weighted by molar-refractivity contribution is -0.122. The maximum Gasteiger partial charge on any atom is 0.265 e. The number of aryl methyl sites for hydroxylation is 3. The molecule has 3 aromatic rings. The van der Waals surface area contributed by atoms with E-state index in [1.54, 1.807) is 31.2 Å². The summed E-state index contributed by atoms with van der Waals surface area (Å²) < 4.78 is 5.76. The smallest absolute Gasteiger partial charge is 0.265 e. The standard InChI is InChI=1S/C26H28N2O3/c1-16-9-10-18(3)24(15-16)28-25(29)20(5)31-22-13-11-21(12-14-22)26(30)27-23-8-6-7-17(2)19(23)4/h6-15,20H,1-5H3,(H,27,30)(H,28,29)/t20-/m0/s1. The number of hydrogen-bond donors (Lipinski definition) is 2. The molecule has 0 aliphatic heterocycles. The van der Waals surface area contributed by atoms with Crippen molar-refractivity contribution in [1.29, 1.82) is 0 Å². The fraction of sp³-hybridized carbons (Fsp3) is 0.231. The lowest BCUT2D eigenvalue weighted by atomic mass is 10.1. The Morgan fingerprint density at radius 1 is 0.806 bits per heavy atom. The fourth-order valence-electron chi connectivity index (χ4n) is 3.13. The number of anilines is 2. The van der Waals surface area contributed by atoms with Crippen molar-refractivity contribution in [3.8, 4) is 5.75 Å². The van der Waals surface area contributed by atoms with Crippen molar-refractivity contribution >= 4 is 23.2 Å². The Balaban J connectivity index is 1.61. The monoisotopic (exact) mass is 416 g/mol. The molecular weight excluding hydrogens is 388 g/mol. The average molecular weight is 417 g/mol. The quantitative estimate of drug-likeness (QED) is 0.551. The van der Waals surface area contributed by atoms with Crippen LogP contribution in [0.1, 0.15) is 39.5 Å². The molecular formula is C26H28N2O3. The zero-order valence-electron chi connectivity index (χ0n) is 18.6. The van der Waals surface area contributed by atoms with Gasteiger partial charge in [0.25, 0.3) is 11.8 Å². The zero-order chi connectivity index (χ0) is 22.5. The maximum absolute atomic E-state index is 12.6. The molecule has 31 heavy (non-hydrogen) atoms. The van der Waals surface area contributed by atoms with Gasteiger partial charge in [-0.3, -0.25) is 9.59 Å². The lowest BCUT2D eigenvalue weighted by Gasteiger charge is -2.16. The van der Waals surface area contributed by atoms with Crippen LogP contribution in [0.5, 0.6) is 5.75 Å². The molecule has 0 spiro atoms. The summed E-state index contributed by atoms with van der Waals surface area (Å²) in [4.78, 5) is 25.1. The van der Waals surface area contributed by atoms with E-state index in [1.165, 1.54) is 0 Å². The number of amides is 2. The minimum absolute atomic E-state index is 0.194. The van der Waals surface area contributed by atoms with Gasteiger partial charge in [0.2, 0.25) is 0 Å². The van der Waals surface area contributed by atoms with Crippen molar-refractivity contribution in [3.63, 3.8) is 0 Å². The summed E-state index contributed by atoms with van der Waals surface area (Å²) in [6, 6.07) is 18.5. The van der Waals surface area contributed by atoms with Gasteiger partial charge < -0.3 is 15.4 Å². The highest BCUT2D eigenvalue weighted by atomic mass is 16.5. The Bertz CT molecular complexity index is 1100. The lowest BCUT2D eigenvalue weighted by Crippen LogP contribution is -2.30. The molecule has 0 heterocycles. The number of carbonyl (C=O) groups is 2. The molecule has 0 bridgehead atoms. The van der Waals surface area contributed by atoms with E-state index in [9.17, 15) is 9.59 Å². The second-order valence-electron chi connectivity index (χ2n) is 7.79. The van der Waals surface area contributed by atoms with Crippen LogP contribution in [0.4, 0.5) is 11.4 Å². The summed E-state index contributed by atoms with van der Waals surface area (Å²) in [6.45, 7) is 9.61. The molecule has 0 saturated heterocycles. The van der Waals surface area contributed by atoms with Gasteiger partial charge in [-0.25, -0.2) is 0 Å². The summed E-state index contributed by atoms with van der Waals surface area (Å²) in [5, 5.41) is 5.85. The molecule has 5 nitrogen and oxygen atoms in total. The summed E-state index contributed by atoms with van der Waals surface area (Å²) >= 11 is 0. The first-order valence-electron chi connectivity index (χ1n) is 10.3. The van der Waals surface area contributed by atoms with Crippen LogP contribution in [0.15, 0.2) is 60.7 Å². The highest BCUT2D eigenvalue weighted by molar-refractivity contribution is 6.04. The molecule has 5 heteroatoms. The van der Waals surface area contributed by atoms with Crippen LogP contribution in [0.3, 0.4) is 0 Å². The molecule has 160 valence electrons. The predicted octanol–water partition coefficient (Wildman–Crippen LogP) is 5.58. The minimum atomic E-state index is -0.686. The Morgan fingerprint density at radius 2 is 1.52 bits per heavy atom. The second-order valence-corrected chi connectivity index (χ2v) is 7.79. The molecule has 0 unspecified atom stereocenters. The second kappa shape index (κ2) is 9.47. The van der Waals surface area contributed by atoms with Crippen LogP contribution < -0.4 is 15.4 Å². The number of rotatable bonds is 6. The van der Waals surface area contributed by atoms with E-state index in [4.69, 9.17) is 4.74 Å². The number of hydrogen-bond acceptors (Lipinski definition) is 3. The van der Waals surface area contributed by atoms with Crippen molar-refractivity contribution < 1.29 is 14.3 Å². The van der Waals surface area contributed by atoms with Crippen LogP contribution in [-0.2, 0) is 4.79 Å². The van der Waals surface area contributed by atoms with Gasteiger partial charge in [-0.1, -0.05) is 24.3 Å². The largest absolute Gasteiger partial charge is 0.481 e. The third kappa shape index (κ3) is 5.51. The van der Waals surface area contributed by atoms with Gasteiger partial charge in [0, 0.05) is 16.9 Å². The third-order valence-electron chi connectivity index (χ3n) is 5.30. The SMILES string of the molecule is Cc1ccc(C)c(NC(=O)[C@H](C)Oc2ccc(C(=O)Nc3cccc(C)c3C)cc2)c1. The Morgan fingerprint density at radius 3 is 2.23 bits per heavy atom. The Hall–Kier alpha value is -3.60. The first-order valence-corrected chi connectivity index (χ1v) is 10.3. The first-order chi connectivity index (χ1) is 14.7. The normalized spacial score (nSPS) is 11.5. The zero-order valence-corrected chi connectivity index (χ0v) is 18.6.